The standard InChI is InChI=1S/C24H25N3O4S/c1-18-4-2-3-5-23(18)25-32(30,31)22-12-6-19(7-13-22)24(29)27-16-14-26(15-17-27)20-8-10-21(28)11-9-20/h2-13,25,28H,14-17H2,1H3. The minimum atomic E-state index is -3.74. The van der Waals surface area contributed by atoms with E-state index in [0.29, 0.717) is 37.4 Å². The minimum absolute atomic E-state index is 0.106. The van der Waals surface area contributed by atoms with Gasteiger partial charge in [-0.25, -0.2) is 8.42 Å². The van der Waals surface area contributed by atoms with Crippen LogP contribution in [0.5, 0.6) is 5.75 Å². The number of carbonyl (C=O) groups excluding carboxylic acids is 1. The number of anilines is 2. The lowest BCUT2D eigenvalue weighted by molar-refractivity contribution is 0.0746. The van der Waals surface area contributed by atoms with Gasteiger partial charge in [0.05, 0.1) is 10.6 Å². The largest absolute Gasteiger partial charge is 0.508 e. The van der Waals surface area contributed by atoms with Crippen molar-refractivity contribution in [3.05, 3.63) is 83.9 Å². The number of hydrogen-bond donors (Lipinski definition) is 2. The van der Waals surface area contributed by atoms with E-state index in [9.17, 15) is 18.3 Å². The van der Waals surface area contributed by atoms with E-state index in [-0.39, 0.29) is 16.6 Å². The fourth-order valence-corrected chi connectivity index (χ4v) is 4.81. The molecule has 7 nitrogen and oxygen atoms in total. The molecule has 1 fully saturated rings. The molecule has 1 saturated heterocycles. The predicted octanol–water partition coefficient (Wildman–Crippen LogP) is 3.46. The van der Waals surface area contributed by atoms with Crippen molar-refractivity contribution in [2.45, 2.75) is 11.8 Å². The van der Waals surface area contributed by atoms with E-state index < -0.39 is 10.0 Å². The highest BCUT2D eigenvalue weighted by Gasteiger charge is 2.23. The molecule has 1 heterocycles. The Kier molecular flexibility index (Phi) is 6.05. The topological polar surface area (TPSA) is 90.0 Å². The van der Waals surface area contributed by atoms with E-state index in [1.807, 2.05) is 31.2 Å². The van der Waals surface area contributed by atoms with Gasteiger partial charge in [-0.1, -0.05) is 18.2 Å². The second kappa shape index (κ2) is 8.92. The van der Waals surface area contributed by atoms with Crippen molar-refractivity contribution in [3.8, 4) is 5.75 Å². The number of piperazine rings is 1. The lowest BCUT2D eigenvalue weighted by Crippen LogP contribution is -2.48. The van der Waals surface area contributed by atoms with E-state index in [1.165, 1.54) is 12.1 Å². The first-order chi connectivity index (χ1) is 15.3. The maximum atomic E-state index is 12.9. The first-order valence-electron chi connectivity index (χ1n) is 10.4. The molecule has 8 heteroatoms. The molecule has 0 unspecified atom stereocenters. The molecule has 166 valence electrons. The molecule has 1 aliphatic heterocycles. The van der Waals surface area contributed by atoms with Crippen molar-refractivity contribution >= 4 is 27.3 Å². The van der Waals surface area contributed by atoms with E-state index in [2.05, 4.69) is 9.62 Å². The third kappa shape index (κ3) is 4.70. The van der Waals surface area contributed by atoms with Crippen LogP contribution in [0.2, 0.25) is 0 Å². The Morgan fingerprint density at radius 1 is 0.875 bits per heavy atom. The van der Waals surface area contributed by atoms with Gasteiger partial charge >= 0.3 is 0 Å². The molecule has 2 N–H and O–H groups in total. The number of sulfonamides is 1. The van der Waals surface area contributed by atoms with Gasteiger partial charge in [-0.05, 0) is 67.1 Å². The van der Waals surface area contributed by atoms with Crippen LogP contribution in [0.25, 0.3) is 0 Å². The highest BCUT2D eigenvalue weighted by atomic mass is 32.2. The maximum absolute atomic E-state index is 12.9. The van der Waals surface area contributed by atoms with Crippen molar-refractivity contribution in [2.75, 3.05) is 35.8 Å². The molecule has 32 heavy (non-hydrogen) atoms. The van der Waals surface area contributed by atoms with Crippen LogP contribution in [0.15, 0.2) is 77.7 Å². The van der Waals surface area contributed by atoms with Gasteiger partial charge in [0.2, 0.25) is 0 Å². The van der Waals surface area contributed by atoms with E-state index in [4.69, 9.17) is 0 Å². The zero-order valence-electron chi connectivity index (χ0n) is 17.7. The molecule has 0 spiro atoms. The highest BCUT2D eigenvalue weighted by Crippen LogP contribution is 2.22. The molecule has 3 aromatic rings. The van der Waals surface area contributed by atoms with E-state index >= 15 is 0 Å². The van der Waals surface area contributed by atoms with Crippen LogP contribution in [0.4, 0.5) is 11.4 Å². The first-order valence-corrected chi connectivity index (χ1v) is 11.8. The van der Waals surface area contributed by atoms with Crippen molar-refractivity contribution in [2.24, 2.45) is 0 Å². The zero-order chi connectivity index (χ0) is 22.7. The summed E-state index contributed by atoms with van der Waals surface area (Å²) in [6.45, 7) is 4.33. The average molecular weight is 452 g/mol. The third-order valence-corrected chi connectivity index (χ3v) is 6.96. The summed E-state index contributed by atoms with van der Waals surface area (Å²) in [6.07, 6.45) is 0. The molecular weight excluding hydrogens is 426 g/mol. The van der Waals surface area contributed by atoms with Crippen molar-refractivity contribution in [1.82, 2.24) is 4.90 Å². The third-order valence-electron chi connectivity index (χ3n) is 5.58. The summed E-state index contributed by atoms with van der Waals surface area (Å²) in [6, 6.07) is 20.2. The quantitative estimate of drug-likeness (QED) is 0.620. The molecular formula is C24H25N3O4S. The van der Waals surface area contributed by atoms with Crippen LogP contribution in [0.3, 0.4) is 0 Å². The van der Waals surface area contributed by atoms with Crippen LogP contribution in [0, 0.1) is 6.92 Å². The van der Waals surface area contributed by atoms with Gasteiger partial charge in [0.15, 0.2) is 0 Å². The SMILES string of the molecule is Cc1ccccc1NS(=O)(=O)c1ccc(C(=O)N2CCN(c3ccc(O)cc3)CC2)cc1. The number of aromatic hydroxyl groups is 1. The molecule has 0 radical (unpaired) electrons. The summed E-state index contributed by atoms with van der Waals surface area (Å²) in [5, 5.41) is 9.44. The van der Waals surface area contributed by atoms with Gasteiger partial charge in [0.25, 0.3) is 15.9 Å². The molecule has 3 aromatic carbocycles. The summed E-state index contributed by atoms with van der Waals surface area (Å²) in [4.78, 5) is 16.9. The van der Waals surface area contributed by atoms with Gasteiger partial charge in [-0.15, -0.1) is 0 Å². The Morgan fingerprint density at radius 3 is 2.12 bits per heavy atom. The average Bonchev–Trinajstić information content (AvgIpc) is 2.81. The Labute approximate surface area is 188 Å². The summed E-state index contributed by atoms with van der Waals surface area (Å²) in [5.41, 5.74) is 2.82. The number of phenolic OH excluding ortho intramolecular Hbond substituents is 1. The Balaban J connectivity index is 1.40. The Morgan fingerprint density at radius 2 is 1.50 bits per heavy atom. The first kappa shape index (κ1) is 21.7. The van der Waals surface area contributed by atoms with E-state index in [1.54, 1.807) is 41.3 Å². The zero-order valence-corrected chi connectivity index (χ0v) is 18.5. The van der Waals surface area contributed by atoms with Crippen LogP contribution in [0.1, 0.15) is 15.9 Å². The number of nitrogens with one attached hydrogen (secondary N) is 1. The highest BCUT2D eigenvalue weighted by molar-refractivity contribution is 7.92. The van der Waals surface area contributed by atoms with Gasteiger partial charge in [0.1, 0.15) is 5.75 Å². The van der Waals surface area contributed by atoms with E-state index in [0.717, 1.165) is 11.3 Å². The number of benzene rings is 3. The second-order valence-corrected chi connectivity index (χ2v) is 9.42. The summed E-state index contributed by atoms with van der Waals surface area (Å²) in [7, 11) is -3.74. The monoisotopic (exact) mass is 451 g/mol. The molecule has 0 aromatic heterocycles. The number of para-hydroxylation sites is 1. The number of rotatable bonds is 5. The normalized spacial score (nSPS) is 14.3. The number of aryl methyl sites for hydroxylation is 1. The molecule has 0 atom stereocenters. The molecule has 1 aliphatic rings. The van der Waals surface area contributed by atoms with Crippen molar-refractivity contribution < 1.29 is 18.3 Å². The molecule has 4 rings (SSSR count). The summed E-state index contributed by atoms with van der Waals surface area (Å²) in [5.74, 6) is 0.105. The molecule has 0 bridgehead atoms. The predicted molar refractivity (Wildman–Crippen MR) is 125 cm³/mol. The van der Waals surface area contributed by atoms with Gasteiger partial charge in [-0.3, -0.25) is 9.52 Å². The fraction of sp³-hybridized carbons (Fsp3) is 0.208. The van der Waals surface area contributed by atoms with Crippen molar-refractivity contribution in [1.29, 1.82) is 0 Å². The van der Waals surface area contributed by atoms with Crippen molar-refractivity contribution in [3.63, 3.8) is 0 Å². The number of nitrogens with zero attached hydrogens (tertiary/aromatic N) is 2. The second-order valence-electron chi connectivity index (χ2n) is 7.74. The molecule has 1 amide bonds. The Hall–Kier alpha value is -3.52. The summed E-state index contributed by atoms with van der Waals surface area (Å²) >= 11 is 0. The number of amides is 1. The lowest BCUT2D eigenvalue weighted by atomic mass is 10.1. The number of hydrogen-bond acceptors (Lipinski definition) is 5. The Bertz CT molecular complexity index is 1200. The van der Waals surface area contributed by atoms with Crippen LogP contribution in [-0.4, -0.2) is 50.5 Å². The van der Waals surface area contributed by atoms with Crippen LogP contribution < -0.4 is 9.62 Å². The summed E-state index contributed by atoms with van der Waals surface area (Å²) < 4.78 is 28.0. The van der Waals surface area contributed by atoms with Crippen LogP contribution >= 0.6 is 0 Å². The maximum Gasteiger partial charge on any atom is 0.261 e. The smallest absolute Gasteiger partial charge is 0.261 e. The van der Waals surface area contributed by atoms with Gasteiger partial charge in [-0.2, -0.15) is 0 Å². The number of carbonyl (C=O) groups is 1. The lowest BCUT2D eigenvalue weighted by Gasteiger charge is -2.36. The van der Waals surface area contributed by atoms with Crippen LogP contribution in [-0.2, 0) is 10.0 Å². The number of phenols is 1. The molecule has 0 saturated carbocycles. The van der Waals surface area contributed by atoms with Gasteiger partial charge in [0, 0.05) is 37.4 Å². The molecule has 0 aliphatic carbocycles. The fourth-order valence-electron chi connectivity index (χ4n) is 3.68. The van der Waals surface area contributed by atoms with Gasteiger partial charge < -0.3 is 14.9 Å². The minimum Gasteiger partial charge on any atom is -0.508 e.